The fraction of sp³-hybridized carbons (Fsp3) is 0.250. The molecule has 1 aliphatic rings. The number of amides is 1. The molecule has 0 saturated carbocycles. The molecular weight excluding hydrogens is 355 g/mol. The van der Waals surface area contributed by atoms with E-state index in [2.05, 4.69) is 15.6 Å². The molecule has 130 valence electrons. The fourth-order valence-corrected chi connectivity index (χ4v) is 3.15. The Balaban J connectivity index is 2.18. The fourth-order valence-electron chi connectivity index (χ4n) is 2.26. The van der Waals surface area contributed by atoms with E-state index in [1.807, 2.05) is 12.3 Å². The number of fused-ring (bicyclic) bond motifs is 1. The van der Waals surface area contributed by atoms with Crippen molar-refractivity contribution in [2.75, 3.05) is 11.4 Å². The Hall–Kier alpha value is -2.73. The Labute approximate surface area is 145 Å². The van der Waals surface area contributed by atoms with Crippen molar-refractivity contribution in [1.82, 2.24) is 4.57 Å². The van der Waals surface area contributed by atoms with Crippen molar-refractivity contribution < 1.29 is 22.7 Å². The molecule has 0 spiro atoms. The Kier molecular flexibility index (Phi) is 4.08. The zero-order valence-electron chi connectivity index (χ0n) is 13.2. The van der Waals surface area contributed by atoms with Crippen LogP contribution in [0.4, 0.5) is 24.5 Å². The molecule has 25 heavy (non-hydrogen) atoms. The van der Waals surface area contributed by atoms with E-state index in [9.17, 15) is 18.0 Å². The first-order valence-electron chi connectivity index (χ1n) is 7.06. The van der Waals surface area contributed by atoms with Gasteiger partial charge < -0.3 is 9.30 Å². The van der Waals surface area contributed by atoms with Gasteiger partial charge in [0.2, 0.25) is 0 Å². The van der Waals surface area contributed by atoms with Gasteiger partial charge in [0, 0.05) is 24.2 Å². The van der Waals surface area contributed by atoms with Crippen LogP contribution in [-0.4, -0.2) is 23.1 Å². The summed E-state index contributed by atoms with van der Waals surface area (Å²) in [5.41, 5.74) is 0.763. The maximum atomic E-state index is 14.3. The van der Waals surface area contributed by atoms with Crippen LogP contribution in [0.5, 0.6) is 5.75 Å². The van der Waals surface area contributed by atoms with E-state index in [0.717, 1.165) is 11.8 Å². The number of thiazole rings is 1. The number of rotatable bonds is 2. The number of ether oxygens (including phenoxy) is 1. The molecule has 0 unspecified atom stereocenters. The highest BCUT2D eigenvalue weighted by Gasteiger charge is 2.50. The lowest BCUT2D eigenvalue weighted by Gasteiger charge is -2.32. The Bertz CT molecular complexity index is 972. The number of aryl methyl sites for hydroxylation is 1. The van der Waals surface area contributed by atoms with Crippen LogP contribution in [0.2, 0.25) is 0 Å². The van der Waals surface area contributed by atoms with Gasteiger partial charge in [0.25, 0.3) is 0 Å². The lowest BCUT2D eigenvalue weighted by molar-refractivity contribution is -0.192. The standard InChI is InChI=1S/C16H12F3N3O2S/c1-4-5-22-12-7-11(20-15-21(3)9(2)8-25-15)10(17)6-13(12)24-16(18,19)14(22)23/h1,6-8H,5H2,2-3H3. The maximum absolute atomic E-state index is 14.3. The highest BCUT2D eigenvalue weighted by atomic mass is 32.1. The van der Waals surface area contributed by atoms with Gasteiger partial charge in [-0.15, -0.1) is 17.8 Å². The second kappa shape index (κ2) is 5.97. The smallest absolute Gasteiger partial charge is 0.423 e. The largest absolute Gasteiger partial charge is 0.483 e. The molecule has 0 bridgehead atoms. The normalized spacial score (nSPS) is 16.4. The number of carbonyl (C=O) groups excluding carboxylic acids is 1. The summed E-state index contributed by atoms with van der Waals surface area (Å²) in [6.45, 7) is 1.46. The van der Waals surface area contributed by atoms with E-state index in [0.29, 0.717) is 9.70 Å². The van der Waals surface area contributed by atoms with E-state index >= 15 is 0 Å². The molecule has 3 rings (SSSR count). The van der Waals surface area contributed by atoms with Crippen LogP contribution in [0.3, 0.4) is 0 Å². The number of halogens is 3. The van der Waals surface area contributed by atoms with E-state index in [4.69, 9.17) is 6.42 Å². The number of hydrogen-bond acceptors (Lipinski definition) is 4. The van der Waals surface area contributed by atoms with E-state index in [-0.39, 0.29) is 11.4 Å². The highest BCUT2D eigenvalue weighted by molar-refractivity contribution is 7.07. The zero-order valence-corrected chi connectivity index (χ0v) is 14.0. The molecule has 1 aliphatic heterocycles. The molecule has 0 radical (unpaired) electrons. The van der Waals surface area contributed by atoms with Crippen molar-refractivity contribution in [3.05, 3.63) is 33.8 Å². The summed E-state index contributed by atoms with van der Waals surface area (Å²) in [7, 11) is 1.76. The summed E-state index contributed by atoms with van der Waals surface area (Å²) in [6.07, 6.45) is 1.05. The third kappa shape index (κ3) is 2.89. The number of aromatic nitrogens is 1. The SMILES string of the molecule is C#CCN1C(=O)C(F)(F)Oc2cc(F)c(N=c3scc(C)n3C)cc21. The highest BCUT2D eigenvalue weighted by Crippen LogP contribution is 2.42. The van der Waals surface area contributed by atoms with Crippen molar-refractivity contribution in [2.45, 2.75) is 13.0 Å². The van der Waals surface area contributed by atoms with Crippen molar-refractivity contribution in [3.8, 4) is 18.1 Å². The van der Waals surface area contributed by atoms with Gasteiger partial charge in [-0.3, -0.25) is 9.69 Å². The third-order valence-electron chi connectivity index (χ3n) is 3.67. The molecule has 0 aliphatic carbocycles. The van der Waals surface area contributed by atoms with Crippen molar-refractivity contribution in [3.63, 3.8) is 0 Å². The third-order valence-corrected chi connectivity index (χ3v) is 4.70. The molecule has 1 amide bonds. The summed E-state index contributed by atoms with van der Waals surface area (Å²) < 4.78 is 47.7. The van der Waals surface area contributed by atoms with Gasteiger partial charge in [0.1, 0.15) is 5.69 Å². The quantitative estimate of drug-likeness (QED) is 0.767. The van der Waals surface area contributed by atoms with E-state index in [1.54, 1.807) is 11.6 Å². The molecule has 9 heteroatoms. The number of alkyl halides is 2. The average molecular weight is 367 g/mol. The molecule has 1 aromatic heterocycles. The van der Waals surface area contributed by atoms with Crippen LogP contribution >= 0.6 is 11.3 Å². The van der Waals surface area contributed by atoms with Gasteiger partial charge in [-0.1, -0.05) is 5.92 Å². The van der Waals surface area contributed by atoms with Gasteiger partial charge in [-0.2, -0.15) is 8.78 Å². The lowest BCUT2D eigenvalue weighted by Crippen LogP contribution is -2.50. The van der Waals surface area contributed by atoms with Crippen molar-refractivity contribution in [2.24, 2.45) is 12.0 Å². The summed E-state index contributed by atoms with van der Waals surface area (Å²) in [5.74, 6) is -0.792. The van der Waals surface area contributed by atoms with Crippen LogP contribution < -0.4 is 14.4 Å². The predicted molar refractivity (Wildman–Crippen MR) is 86.4 cm³/mol. The van der Waals surface area contributed by atoms with Gasteiger partial charge >= 0.3 is 12.0 Å². The van der Waals surface area contributed by atoms with E-state index in [1.165, 1.54) is 17.4 Å². The number of carbonyl (C=O) groups is 1. The first-order valence-corrected chi connectivity index (χ1v) is 7.94. The van der Waals surface area contributed by atoms with Crippen LogP contribution in [0, 0.1) is 25.1 Å². The number of terminal acetylenes is 1. The predicted octanol–water partition coefficient (Wildman–Crippen LogP) is 2.72. The first-order chi connectivity index (χ1) is 11.7. The Morgan fingerprint density at radius 1 is 1.44 bits per heavy atom. The van der Waals surface area contributed by atoms with Crippen LogP contribution in [0.15, 0.2) is 22.5 Å². The molecule has 0 atom stereocenters. The Morgan fingerprint density at radius 2 is 2.16 bits per heavy atom. The summed E-state index contributed by atoms with van der Waals surface area (Å²) >= 11 is 1.29. The molecule has 0 saturated heterocycles. The molecule has 2 heterocycles. The van der Waals surface area contributed by atoms with Crippen LogP contribution in [-0.2, 0) is 11.8 Å². The van der Waals surface area contributed by atoms with Gasteiger partial charge in [-0.05, 0) is 13.0 Å². The van der Waals surface area contributed by atoms with Gasteiger partial charge in [-0.25, -0.2) is 9.38 Å². The van der Waals surface area contributed by atoms with Crippen LogP contribution in [0.1, 0.15) is 5.69 Å². The Morgan fingerprint density at radius 3 is 2.76 bits per heavy atom. The minimum Gasteiger partial charge on any atom is -0.423 e. The number of hydrogen-bond donors (Lipinski definition) is 0. The topological polar surface area (TPSA) is 46.8 Å². The minimum absolute atomic E-state index is 0.0510. The van der Waals surface area contributed by atoms with Gasteiger partial charge in [0.05, 0.1) is 12.2 Å². The molecular formula is C16H12F3N3O2S. The molecule has 0 N–H and O–H groups in total. The second-order valence-electron chi connectivity index (χ2n) is 5.32. The molecule has 1 aromatic carbocycles. The maximum Gasteiger partial charge on any atom is 0.483 e. The van der Waals surface area contributed by atoms with E-state index < -0.39 is 30.1 Å². The lowest BCUT2D eigenvalue weighted by atomic mass is 10.2. The zero-order chi connectivity index (χ0) is 18.4. The summed E-state index contributed by atoms with van der Waals surface area (Å²) in [6, 6.07) is 1.95. The summed E-state index contributed by atoms with van der Waals surface area (Å²) in [5, 5.41) is 1.84. The van der Waals surface area contributed by atoms with Crippen molar-refractivity contribution >= 4 is 28.6 Å². The van der Waals surface area contributed by atoms with Gasteiger partial charge in [0.15, 0.2) is 16.4 Å². The van der Waals surface area contributed by atoms with Crippen molar-refractivity contribution in [1.29, 1.82) is 0 Å². The molecule has 2 aromatic rings. The second-order valence-corrected chi connectivity index (χ2v) is 6.15. The summed E-state index contributed by atoms with van der Waals surface area (Å²) in [4.78, 5) is 17.2. The molecule has 0 fully saturated rings. The monoisotopic (exact) mass is 367 g/mol. The number of anilines is 1. The number of nitrogens with zero attached hydrogens (tertiary/aromatic N) is 3. The van der Waals surface area contributed by atoms with Crippen LogP contribution in [0.25, 0.3) is 0 Å². The minimum atomic E-state index is -4.10. The average Bonchev–Trinajstić information content (AvgIpc) is 2.85. The molecule has 5 nitrogen and oxygen atoms in total. The first kappa shape index (κ1) is 17.1. The number of benzene rings is 1.